The van der Waals surface area contributed by atoms with Gasteiger partial charge in [0.1, 0.15) is 5.41 Å². The molecule has 2 heteroatoms. The Kier molecular flexibility index (Phi) is 1.24. The molecule has 0 aliphatic heterocycles. The van der Waals surface area contributed by atoms with E-state index in [0.717, 1.165) is 12.8 Å². The number of Topliss-reactive ketones (excluding diaryl/α,β-unsaturated/α-hetero) is 1. The highest BCUT2D eigenvalue weighted by molar-refractivity contribution is 5.92. The number of ketones is 1. The Balaban J connectivity index is 2.55. The van der Waals surface area contributed by atoms with Gasteiger partial charge in [0, 0.05) is 6.42 Å². The van der Waals surface area contributed by atoms with E-state index >= 15 is 0 Å². The predicted molar refractivity (Wildman–Crippen MR) is 44.2 cm³/mol. The van der Waals surface area contributed by atoms with E-state index in [-0.39, 0.29) is 11.2 Å². The molecule has 12 heavy (non-hydrogen) atoms. The molecule has 0 spiro atoms. The zero-order valence-corrected chi connectivity index (χ0v) is 7.55. The van der Waals surface area contributed by atoms with Crippen molar-refractivity contribution in [1.29, 1.82) is 5.26 Å². The fourth-order valence-electron chi connectivity index (χ4n) is 2.94. The minimum atomic E-state index is -0.627. The molecule has 2 fully saturated rings. The van der Waals surface area contributed by atoms with Gasteiger partial charge in [-0.3, -0.25) is 4.79 Å². The van der Waals surface area contributed by atoms with Crippen LogP contribution in [0.25, 0.3) is 0 Å². The molecule has 64 valence electrons. The number of rotatable bonds is 0. The maximum atomic E-state index is 11.6. The van der Waals surface area contributed by atoms with Crippen molar-refractivity contribution in [3.8, 4) is 6.07 Å². The van der Waals surface area contributed by atoms with Crippen LogP contribution in [-0.2, 0) is 4.79 Å². The van der Waals surface area contributed by atoms with Crippen LogP contribution in [0.1, 0.15) is 33.1 Å². The van der Waals surface area contributed by atoms with E-state index in [4.69, 9.17) is 5.26 Å². The summed E-state index contributed by atoms with van der Waals surface area (Å²) in [5.74, 6) is 0.649. The van der Waals surface area contributed by atoms with Crippen LogP contribution in [0.15, 0.2) is 0 Å². The molecule has 0 saturated heterocycles. The standard InChI is InChI=1S/C10H13NO/c1-9(2)7-3-4-10(9,6-11)8(12)5-7/h7H,3-5H2,1-2H3/t7-,10+/m0/s1. The maximum absolute atomic E-state index is 11.6. The molecule has 0 aromatic heterocycles. The van der Waals surface area contributed by atoms with Gasteiger partial charge in [0.05, 0.1) is 6.07 Å². The van der Waals surface area contributed by atoms with Crippen molar-refractivity contribution in [1.82, 2.24) is 0 Å². The van der Waals surface area contributed by atoms with Crippen molar-refractivity contribution < 1.29 is 4.79 Å². The summed E-state index contributed by atoms with van der Waals surface area (Å²) in [4.78, 5) is 11.6. The van der Waals surface area contributed by atoms with Crippen LogP contribution in [0.4, 0.5) is 0 Å². The van der Waals surface area contributed by atoms with E-state index in [1.807, 2.05) is 0 Å². The van der Waals surface area contributed by atoms with Crippen molar-refractivity contribution in [3.63, 3.8) is 0 Å². The van der Waals surface area contributed by atoms with Gasteiger partial charge in [0.25, 0.3) is 0 Å². The van der Waals surface area contributed by atoms with Crippen molar-refractivity contribution in [2.24, 2.45) is 16.7 Å². The Bertz CT molecular complexity index is 287. The second-order valence-electron chi connectivity index (χ2n) is 4.60. The lowest BCUT2D eigenvalue weighted by atomic mass is 9.70. The molecule has 2 nitrogen and oxygen atoms in total. The third-order valence-corrected chi connectivity index (χ3v) is 4.09. The van der Waals surface area contributed by atoms with Gasteiger partial charge >= 0.3 is 0 Å². The van der Waals surface area contributed by atoms with Crippen LogP contribution in [-0.4, -0.2) is 5.78 Å². The lowest BCUT2D eigenvalue weighted by Gasteiger charge is -2.29. The van der Waals surface area contributed by atoms with Gasteiger partial charge in [-0.1, -0.05) is 13.8 Å². The molecule has 2 saturated carbocycles. The number of nitrogens with zero attached hydrogens (tertiary/aromatic N) is 1. The summed E-state index contributed by atoms with van der Waals surface area (Å²) >= 11 is 0. The van der Waals surface area contributed by atoms with Crippen LogP contribution < -0.4 is 0 Å². The first kappa shape index (κ1) is 7.79. The first-order chi connectivity index (χ1) is 5.54. The smallest absolute Gasteiger partial charge is 0.153 e. The summed E-state index contributed by atoms with van der Waals surface area (Å²) in [6.07, 6.45) is 2.49. The molecule has 0 aromatic rings. The number of hydrogen-bond donors (Lipinski definition) is 0. The second kappa shape index (κ2) is 1.90. The van der Waals surface area contributed by atoms with Gasteiger partial charge in [-0.15, -0.1) is 0 Å². The van der Waals surface area contributed by atoms with Crippen LogP contribution in [0.5, 0.6) is 0 Å². The molecular weight excluding hydrogens is 150 g/mol. The molecule has 2 aliphatic rings. The van der Waals surface area contributed by atoms with Crippen molar-refractivity contribution in [3.05, 3.63) is 0 Å². The van der Waals surface area contributed by atoms with E-state index in [9.17, 15) is 4.79 Å². The zero-order chi connectivity index (χ0) is 8.98. The molecule has 2 aliphatic carbocycles. The highest BCUT2D eigenvalue weighted by atomic mass is 16.1. The number of carbonyl (C=O) groups is 1. The maximum Gasteiger partial charge on any atom is 0.153 e. The fourth-order valence-corrected chi connectivity index (χ4v) is 2.94. The highest BCUT2D eigenvalue weighted by Gasteiger charge is 2.64. The number of hydrogen-bond acceptors (Lipinski definition) is 2. The number of nitriles is 1. The van der Waals surface area contributed by atoms with Gasteiger partial charge in [-0.25, -0.2) is 0 Å². The number of fused-ring (bicyclic) bond motifs is 2. The van der Waals surface area contributed by atoms with Gasteiger partial charge in [0.2, 0.25) is 0 Å². The third kappa shape index (κ3) is 0.555. The molecule has 2 rings (SSSR count). The third-order valence-electron chi connectivity index (χ3n) is 4.09. The van der Waals surface area contributed by atoms with Crippen LogP contribution >= 0.6 is 0 Å². The molecule has 0 aromatic carbocycles. The molecule has 2 bridgehead atoms. The molecule has 0 heterocycles. The first-order valence-electron chi connectivity index (χ1n) is 4.49. The molecule has 2 atom stereocenters. The van der Waals surface area contributed by atoms with Crippen molar-refractivity contribution in [2.75, 3.05) is 0 Å². The molecule has 0 unspecified atom stereocenters. The van der Waals surface area contributed by atoms with Gasteiger partial charge in [-0.05, 0) is 24.2 Å². The minimum Gasteiger partial charge on any atom is -0.298 e. The Morgan fingerprint density at radius 2 is 2.25 bits per heavy atom. The number of carbonyl (C=O) groups excluding carboxylic acids is 1. The summed E-state index contributed by atoms with van der Waals surface area (Å²) in [5, 5.41) is 9.08. The topological polar surface area (TPSA) is 40.9 Å². The predicted octanol–water partition coefficient (Wildman–Crippen LogP) is 1.91. The molecule has 0 radical (unpaired) electrons. The van der Waals surface area contributed by atoms with Crippen LogP contribution in [0.3, 0.4) is 0 Å². The molecular formula is C10H13NO. The lowest BCUT2D eigenvalue weighted by molar-refractivity contribution is -0.126. The Hall–Kier alpha value is -0.840. The Labute approximate surface area is 72.6 Å². The average molecular weight is 163 g/mol. The van der Waals surface area contributed by atoms with Crippen molar-refractivity contribution in [2.45, 2.75) is 33.1 Å². The summed E-state index contributed by atoms with van der Waals surface area (Å²) in [6.45, 7) is 4.14. The average Bonchev–Trinajstić information content (AvgIpc) is 2.36. The second-order valence-corrected chi connectivity index (χ2v) is 4.60. The van der Waals surface area contributed by atoms with Gasteiger partial charge in [-0.2, -0.15) is 5.26 Å². The van der Waals surface area contributed by atoms with E-state index in [2.05, 4.69) is 19.9 Å². The Morgan fingerprint density at radius 3 is 2.50 bits per heavy atom. The Morgan fingerprint density at radius 1 is 1.58 bits per heavy atom. The van der Waals surface area contributed by atoms with E-state index < -0.39 is 5.41 Å². The monoisotopic (exact) mass is 163 g/mol. The summed E-state index contributed by atoms with van der Waals surface area (Å²) < 4.78 is 0. The minimum absolute atomic E-state index is 0.0706. The zero-order valence-electron chi connectivity index (χ0n) is 7.55. The lowest BCUT2D eigenvalue weighted by Crippen LogP contribution is -2.34. The van der Waals surface area contributed by atoms with Gasteiger partial charge < -0.3 is 0 Å². The van der Waals surface area contributed by atoms with Crippen molar-refractivity contribution >= 4 is 5.78 Å². The summed E-state index contributed by atoms with van der Waals surface area (Å²) in [5.41, 5.74) is -0.698. The van der Waals surface area contributed by atoms with E-state index in [1.54, 1.807) is 0 Å². The summed E-state index contributed by atoms with van der Waals surface area (Å²) in [7, 11) is 0. The van der Waals surface area contributed by atoms with E-state index in [0.29, 0.717) is 12.3 Å². The quantitative estimate of drug-likeness (QED) is 0.547. The first-order valence-corrected chi connectivity index (χ1v) is 4.49. The summed E-state index contributed by atoms with van der Waals surface area (Å²) in [6, 6.07) is 2.26. The van der Waals surface area contributed by atoms with Gasteiger partial charge in [0.15, 0.2) is 5.78 Å². The normalized spacial score (nSPS) is 43.1. The molecule has 0 N–H and O–H groups in total. The van der Waals surface area contributed by atoms with Crippen LogP contribution in [0, 0.1) is 28.1 Å². The SMILES string of the molecule is CC1(C)[C@H]2CC[C@@]1(C#N)C(=O)C2. The fraction of sp³-hybridized carbons (Fsp3) is 0.800. The molecule has 0 amide bonds. The van der Waals surface area contributed by atoms with E-state index in [1.165, 1.54) is 0 Å². The highest BCUT2D eigenvalue weighted by Crippen LogP contribution is 2.63. The van der Waals surface area contributed by atoms with Crippen LogP contribution in [0.2, 0.25) is 0 Å². The largest absolute Gasteiger partial charge is 0.298 e.